The minimum atomic E-state index is -3.58. The molecule has 0 spiro atoms. The Hall–Kier alpha value is -2.72. The molecule has 182 valence electrons. The van der Waals surface area contributed by atoms with Gasteiger partial charge in [0.2, 0.25) is 10.0 Å². The number of aliphatic hydroxyl groups is 1. The Labute approximate surface area is 201 Å². The Morgan fingerprint density at radius 3 is 2.26 bits per heavy atom. The topological polar surface area (TPSA) is 90.4 Å². The van der Waals surface area contributed by atoms with Crippen LogP contribution in [-0.4, -0.2) is 87.0 Å². The Balaban J connectivity index is 1.62. The maximum Gasteiger partial charge on any atom is 0.289 e. The molecule has 1 saturated heterocycles. The van der Waals surface area contributed by atoms with Crippen LogP contribution in [0.1, 0.15) is 23.6 Å². The Morgan fingerprint density at radius 1 is 1.00 bits per heavy atom. The molecule has 1 fully saturated rings. The maximum absolute atomic E-state index is 13.2. The van der Waals surface area contributed by atoms with Crippen molar-refractivity contribution in [3.63, 3.8) is 0 Å². The van der Waals surface area contributed by atoms with E-state index < -0.39 is 22.0 Å². The quantitative estimate of drug-likeness (QED) is 0.618. The predicted octanol–water partition coefficient (Wildman–Crippen LogP) is 2.51. The molecule has 1 N–H and O–H groups in total. The van der Waals surface area contributed by atoms with Gasteiger partial charge < -0.3 is 14.7 Å². The van der Waals surface area contributed by atoms with Gasteiger partial charge in [0, 0.05) is 45.8 Å². The summed E-state index contributed by atoms with van der Waals surface area (Å²) in [5, 5.41) is 10.9. The van der Waals surface area contributed by atoms with Crippen molar-refractivity contribution in [2.75, 3.05) is 53.5 Å². The molecule has 0 radical (unpaired) electrons. The Bertz CT molecular complexity index is 1140. The van der Waals surface area contributed by atoms with Crippen LogP contribution in [0, 0.1) is 0 Å². The van der Waals surface area contributed by atoms with E-state index in [2.05, 4.69) is 4.90 Å². The first-order chi connectivity index (χ1) is 16.3. The first-order valence-electron chi connectivity index (χ1n) is 11.4. The fourth-order valence-electron chi connectivity index (χ4n) is 4.47. The van der Waals surface area contributed by atoms with E-state index in [1.54, 1.807) is 17.0 Å². The summed E-state index contributed by atoms with van der Waals surface area (Å²) in [6.45, 7) is 4.56. The first-order valence-corrected chi connectivity index (χ1v) is 12.9. The maximum atomic E-state index is 13.2. The van der Waals surface area contributed by atoms with Crippen LogP contribution >= 0.6 is 0 Å². The summed E-state index contributed by atoms with van der Waals surface area (Å²) in [5.41, 5.74) is 2.01. The average molecular weight is 486 g/mol. The molecule has 34 heavy (non-hydrogen) atoms. The molecule has 8 nitrogen and oxygen atoms in total. The van der Waals surface area contributed by atoms with Crippen LogP contribution in [0.25, 0.3) is 5.57 Å². The van der Waals surface area contributed by atoms with Gasteiger partial charge in [-0.25, -0.2) is 12.7 Å². The van der Waals surface area contributed by atoms with Gasteiger partial charge >= 0.3 is 0 Å². The number of morpholine rings is 1. The second-order valence-corrected chi connectivity index (χ2v) is 10.8. The van der Waals surface area contributed by atoms with Crippen LogP contribution < -0.4 is 0 Å². The zero-order chi connectivity index (χ0) is 24.3. The minimum absolute atomic E-state index is 0.157. The Morgan fingerprint density at radius 2 is 1.65 bits per heavy atom. The largest absolute Gasteiger partial charge is 0.503 e. The van der Waals surface area contributed by atoms with Crippen molar-refractivity contribution in [1.82, 2.24) is 14.1 Å². The number of amides is 1. The van der Waals surface area contributed by atoms with Gasteiger partial charge in [-0.3, -0.25) is 9.69 Å². The van der Waals surface area contributed by atoms with Crippen LogP contribution in [0.15, 0.2) is 65.3 Å². The lowest BCUT2D eigenvalue weighted by Crippen LogP contribution is -2.39. The zero-order valence-electron chi connectivity index (χ0n) is 19.6. The highest BCUT2D eigenvalue weighted by atomic mass is 32.2. The monoisotopic (exact) mass is 485 g/mol. The number of aliphatic hydroxyl groups excluding tert-OH is 1. The number of benzene rings is 2. The normalized spacial score (nSPS) is 19.9. The fraction of sp³-hybridized carbons (Fsp3) is 0.400. The van der Waals surface area contributed by atoms with Crippen LogP contribution in [0.5, 0.6) is 0 Å². The van der Waals surface area contributed by atoms with E-state index >= 15 is 0 Å². The standard InChI is InChI=1S/C25H31N3O5S/c1-26(2)34(31,32)21-11-9-19(10-12-21)22-23(20-7-4-3-5-8-20)28(25(30)24(22)29)14-6-13-27-15-17-33-18-16-27/h3-5,7-12,23,29H,6,13-18H2,1-2H3/t23-/m1/s1. The molecule has 0 bridgehead atoms. The lowest BCUT2D eigenvalue weighted by molar-refractivity contribution is -0.129. The number of ether oxygens (including phenoxy) is 1. The molecule has 1 atom stereocenters. The van der Waals surface area contributed by atoms with Crippen molar-refractivity contribution in [1.29, 1.82) is 0 Å². The third-order valence-corrected chi connectivity index (χ3v) is 8.17. The summed E-state index contributed by atoms with van der Waals surface area (Å²) in [4.78, 5) is 17.3. The summed E-state index contributed by atoms with van der Waals surface area (Å²) < 4.78 is 31.5. The first kappa shape index (κ1) is 24.4. The van der Waals surface area contributed by atoms with Crippen molar-refractivity contribution in [3.8, 4) is 0 Å². The molecule has 0 aliphatic carbocycles. The molecule has 4 rings (SSSR count). The smallest absolute Gasteiger partial charge is 0.289 e. The van der Waals surface area contributed by atoms with Crippen molar-refractivity contribution in [3.05, 3.63) is 71.5 Å². The van der Waals surface area contributed by atoms with E-state index in [-0.39, 0.29) is 10.7 Å². The number of carbonyl (C=O) groups excluding carboxylic acids is 1. The van der Waals surface area contributed by atoms with Crippen LogP contribution in [-0.2, 0) is 19.6 Å². The number of nitrogens with zero attached hydrogens (tertiary/aromatic N) is 3. The molecule has 0 unspecified atom stereocenters. The summed E-state index contributed by atoms with van der Waals surface area (Å²) in [7, 11) is -0.618. The molecule has 2 heterocycles. The van der Waals surface area contributed by atoms with E-state index in [0.717, 1.165) is 49.1 Å². The third-order valence-electron chi connectivity index (χ3n) is 6.34. The van der Waals surface area contributed by atoms with Crippen molar-refractivity contribution in [2.24, 2.45) is 0 Å². The van der Waals surface area contributed by atoms with Gasteiger partial charge in [0.25, 0.3) is 5.91 Å². The second kappa shape index (κ2) is 10.3. The molecule has 2 aliphatic rings. The molecular formula is C25H31N3O5S. The number of carbonyl (C=O) groups is 1. The highest BCUT2D eigenvalue weighted by Gasteiger charge is 2.40. The number of hydrogen-bond donors (Lipinski definition) is 1. The van der Waals surface area contributed by atoms with E-state index in [4.69, 9.17) is 4.74 Å². The molecule has 2 aliphatic heterocycles. The van der Waals surface area contributed by atoms with Gasteiger partial charge in [-0.15, -0.1) is 0 Å². The van der Waals surface area contributed by atoms with Crippen molar-refractivity contribution in [2.45, 2.75) is 17.4 Å². The molecule has 1 amide bonds. The van der Waals surface area contributed by atoms with Gasteiger partial charge in [0.05, 0.1) is 24.2 Å². The molecule has 0 saturated carbocycles. The summed E-state index contributed by atoms with van der Waals surface area (Å²) in [5.74, 6) is -0.695. The van der Waals surface area contributed by atoms with E-state index in [9.17, 15) is 18.3 Å². The Kier molecular flexibility index (Phi) is 7.37. The van der Waals surface area contributed by atoms with Gasteiger partial charge in [-0.1, -0.05) is 42.5 Å². The predicted molar refractivity (Wildman–Crippen MR) is 130 cm³/mol. The third kappa shape index (κ3) is 4.88. The molecule has 2 aromatic rings. The SMILES string of the molecule is CN(C)S(=O)(=O)c1ccc(C2=C(O)C(=O)N(CCCN3CCOCC3)[C@@H]2c2ccccc2)cc1. The number of sulfonamides is 1. The van der Waals surface area contributed by atoms with E-state index in [1.165, 1.54) is 26.2 Å². The van der Waals surface area contributed by atoms with E-state index in [0.29, 0.717) is 17.7 Å². The van der Waals surface area contributed by atoms with E-state index in [1.807, 2.05) is 30.3 Å². The highest BCUT2D eigenvalue weighted by molar-refractivity contribution is 7.89. The molecule has 0 aromatic heterocycles. The highest BCUT2D eigenvalue weighted by Crippen LogP contribution is 2.43. The minimum Gasteiger partial charge on any atom is -0.503 e. The van der Waals surface area contributed by atoms with Crippen LogP contribution in [0.4, 0.5) is 0 Å². The molecule has 9 heteroatoms. The van der Waals surface area contributed by atoms with Gasteiger partial charge in [-0.2, -0.15) is 0 Å². The van der Waals surface area contributed by atoms with Crippen LogP contribution in [0.2, 0.25) is 0 Å². The molecular weight excluding hydrogens is 454 g/mol. The summed E-state index contributed by atoms with van der Waals surface area (Å²) in [6.07, 6.45) is 0.773. The van der Waals surface area contributed by atoms with Gasteiger partial charge in [0.1, 0.15) is 0 Å². The fourth-order valence-corrected chi connectivity index (χ4v) is 5.37. The summed E-state index contributed by atoms with van der Waals surface area (Å²) in [6, 6.07) is 15.5. The average Bonchev–Trinajstić information content (AvgIpc) is 3.10. The second-order valence-electron chi connectivity index (χ2n) is 8.69. The van der Waals surface area contributed by atoms with Crippen molar-refractivity contribution >= 4 is 21.5 Å². The lowest BCUT2D eigenvalue weighted by Gasteiger charge is -2.30. The number of hydrogen-bond acceptors (Lipinski definition) is 6. The zero-order valence-corrected chi connectivity index (χ0v) is 20.4. The lowest BCUT2D eigenvalue weighted by atomic mass is 9.93. The van der Waals surface area contributed by atoms with Gasteiger partial charge in [-0.05, 0) is 29.7 Å². The molecule has 2 aromatic carbocycles. The summed E-state index contributed by atoms with van der Waals surface area (Å²) >= 11 is 0. The number of rotatable bonds is 8. The van der Waals surface area contributed by atoms with Crippen molar-refractivity contribution < 1.29 is 23.1 Å². The van der Waals surface area contributed by atoms with Gasteiger partial charge in [0.15, 0.2) is 5.76 Å². The van der Waals surface area contributed by atoms with Crippen LogP contribution in [0.3, 0.4) is 0 Å².